The first-order valence-electron chi connectivity index (χ1n) is 8.44. The van der Waals surface area contributed by atoms with E-state index in [1.165, 1.54) is 0 Å². The number of carbonyl (C=O) groups is 1. The van der Waals surface area contributed by atoms with Gasteiger partial charge in [-0.3, -0.25) is 4.79 Å². The van der Waals surface area contributed by atoms with Crippen LogP contribution < -0.4 is 5.73 Å². The molecule has 4 nitrogen and oxygen atoms in total. The van der Waals surface area contributed by atoms with E-state index in [-0.39, 0.29) is 36.3 Å². The van der Waals surface area contributed by atoms with Gasteiger partial charge < -0.3 is 15.7 Å². The van der Waals surface area contributed by atoms with Crippen LogP contribution in [0.5, 0.6) is 0 Å². The number of likely N-dealkylation sites (tertiary alicyclic amines) is 1. The van der Waals surface area contributed by atoms with E-state index >= 15 is 0 Å². The number of rotatable bonds is 4. The summed E-state index contributed by atoms with van der Waals surface area (Å²) in [6, 6.07) is 10.1. The van der Waals surface area contributed by atoms with E-state index in [1.54, 1.807) is 0 Å². The Hall–Kier alpha value is -1.10. The molecule has 1 aliphatic heterocycles. The Labute approximate surface area is 144 Å². The van der Waals surface area contributed by atoms with Gasteiger partial charge in [-0.2, -0.15) is 0 Å². The quantitative estimate of drug-likeness (QED) is 0.887. The molecule has 1 heterocycles. The fraction of sp³-hybridized carbons (Fsp3) is 0.611. The van der Waals surface area contributed by atoms with E-state index in [9.17, 15) is 9.90 Å². The molecule has 1 aromatic carbocycles. The number of aliphatic hydroxyl groups is 1. The molecule has 1 saturated carbocycles. The number of nitrogens with two attached hydrogens (primary N) is 1. The lowest BCUT2D eigenvalue weighted by atomic mass is 9.99. The number of aliphatic hydroxyl groups excluding tert-OH is 1. The van der Waals surface area contributed by atoms with Crippen LogP contribution >= 0.6 is 12.4 Å². The van der Waals surface area contributed by atoms with Crippen molar-refractivity contribution in [3.63, 3.8) is 0 Å². The molecule has 0 spiro atoms. The summed E-state index contributed by atoms with van der Waals surface area (Å²) < 4.78 is 0. The normalized spacial score (nSPS) is 28.4. The van der Waals surface area contributed by atoms with E-state index in [0.29, 0.717) is 6.42 Å². The second-order valence-corrected chi connectivity index (χ2v) is 6.76. The highest BCUT2D eigenvalue weighted by Gasteiger charge is 2.36. The van der Waals surface area contributed by atoms with Crippen molar-refractivity contribution >= 4 is 18.3 Å². The van der Waals surface area contributed by atoms with Crippen molar-refractivity contribution in [2.45, 2.75) is 56.7 Å². The molecular formula is C18H27ClN2O2. The summed E-state index contributed by atoms with van der Waals surface area (Å²) in [6.07, 6.45) is 4.88. The van der Waals surface area contributed by atoms with Gasteiger partial charge in [0.2, 0.25) is 5.91 Å². The molecule has 128 valence electrons. The third-order valence-corrected chi connectivity index (χ3v) is 5.16. The Bertz CT molecular complexity index is 511. The second-order valence-electron chi connectivity index (χ2n) is 6.76. The first-order chi connectivity index (χ1) is 10.6. The molecule has 4 atom stereocenters. The van der Waals surface area contributed by atoms with Gasteiger partial charge in [0.25, 0.3) is 0 Å². The predicted molar refractivity (Wildman–Crippen MR) is 93.3 cm³/mol. The number of nitrogens with zero attached hydrogens (tertiary/aromatic N) is 1. The van der Waals surface area contributed by atoms with Gasteiger partial charge in [-0.15, -0.1) is 12.4 Å². The zero-order chi connectivity index (χ0) is 15.5. The topological polar surface area (TPSA) is 66.6 Å². The highest BCUT2D eigenvalue weighted by molar-refractivity contribution is 5.85. The standard InChI is InChI=1S/C18H26N2O2.ClH/c19-15-9-8-14(11-15)18(22)20-10-4-7-16(20)12-17(21)13-5-2-1-3-6-13;/h1-3,5-6,14-17,21H,4,7-12,19H2;1H. The second kappa shape index (κ2) is 8.13. The molecule has 2 fully saturated rings. The van der Waals surface area contributed by atoms with Crippen molar-refractivity contribution < 1.29 is 9.90 Å². The Kier molecular flexibility index (Phi) is 6.45. The van der Waals surface area contributed by atoms with Crippen molar-refractivity contribution in [3.8, 4) is 0 Å². The molecule has 0 radical (unpaired) electrons. The smallest absolute Gasteiger partial charge is 0.225 e. The van der Waals surface area contributed by atoms with Gasteiger partial charge in [0.1, 0.15) is 0 Å². The number of hydrogen-bond donors (Lipinski definition) is 2. The van der Waals surface area contributed by atoms with Gasteiger partial charge in [-0.1, -0.05) is 30.3 Å². The molecule has 4 unspecified atom stereocenters. The lowest BCUT2D eigenvalue weighted by Gasteiger charge is -2.29. The van der Waals surface area contributed by atoms with Crippen molar-refractivity contribution in [1.29, 1.82) is 0 Å². The fourth-order valence-electron chi connectivity index (χ4n) is 3.92. The molecule has 1 amide bonds. The largest absolute Gasteiger partial charge is 0.388 e. The molecule has 1 saturated heterocycles. The highest BCUT2D eigenvalue weighted by Crippen LogP contribution is 2.32. The summed E-state index contributed by atoms with van der Waals surface area (Å²) in [5.41, 5.74) is 6.88. The van der Waals surface area contributed by atoms with Crippen LogP contribution in [-0.4, -0.2) is 34.5 Å². The average molecular weight is 339 g/mol. The van der Waals surface area contributed by atoms with Crippen LogP contribution in [0, 0.1) is 5.92 Å². The van der Waals surface area contributed by atoms with Gasteiger partial charge in [0, 0.05) is 24.5 Å². The Morgan fingerprint density at radius 3 is 2.65 bits per heavy atom. The van der Waals surface area contributed by atoms with Crippen LogP contribution in [0.25, 0.3) is 0 Å². The third kappa shape index (κ3) is 4.25. The van der Waals surface area contributed by atoms with Gasteiger partial charge in [-0.05, 0) is 44.1 Å². The van der Waals surface area contributed by atoms with Crippen molar-refractivity contribution in [3.05, 3.63) is 35.9 Å². The molecule has 1 aliphatic carbocycles. The summed E-state index contributed by atoms with van der Waals surface area (Å²) in [4.78, 5) is 14.7. The zero-order valence-corrected chi connectivity index (χ0v) is 14.3. The molecule has 2 aliphatic rings. The molecule has 0 aromatic heterocycles. The van der Waals surface area contributed by atoms with Crippen LogP contribution in [0.3, 0.4) is 0 Å². The number of hydrogen-bond acceptors (Lipinski definition) is 3. The van der Waals surface area contributed by atoms with E-state index in [1.807, 2.05) is 35.2 Å². The summed E-state index contributed by atoms with van der Waals surface area (Å²) in [7, 11) is 0. The summed E-state index contributed by atoms with van der Waals surface area (Å²) >= 11 is 0. The number of halogens is 1. The van der Waals surface area contributed by atoms with E-state index in [2.05, 4.69) is 0 Å². The highest BCUT2D eigenvalue weighted by atomic mass is 35.5. The lowest BCUT2D eigenvalue weighted by Crippen LogP contribution is -2.40. The van der Waals surface area contributed by atoms with Gasteiger partial charge in [0.15, 0.2) is 0 Å². The summed E-state index contributed by atoms with van der Waals surface area (Å²) in [5.74, 6) is 0.361. The molecule has 3 rings (SSSR count). The van der Waals surface area contributed by atoms with Crippen molar-refractivity contribution in [1.82, 2.24) is 4.90 Å². The monoisotopic (exact) mass is 338 g/mol. The molecule has 23 heavy (non-hydrogen) atoms. The third-order valence-electron chi connectivity index (χ3n) is 5.16. The van der Waals surface area contributed by atoms with Gasteiger partial charge >= 0.3 is 0 Å². The first-order valence-corrected chi connectivity index (χ1v) is 8.44. The molecule has 5 heteroatoms. The molecule has 3 N–H and O–H groups in total. The maximum absolute atomic E-state index is 12.7. The van der Waals surface area contributed by atoms with Crippen LogP contribution in [0.4, 0.5) is 0 Å². The summed E-state index contributed by atoms with van der Waals surface area (Å²) in [6.45, 7) is 0.830. The Morgan fingerprint density at radius 2 is 2.00 bits per heavy atom. The van der Waals surface area contributed by atoms with Crippen molar-refractivity contribution in [2.75, 3.05) is 6.54 Å². The first kappa shape index (κ1) is 18.2. The minimum Gasteiger partial charge on any atom is -0.388 e. The fourth-order valence-corrected chi connectivity index (χ4v) is 3.92. The SMILES string of the molecule is Cl.NC1CCC(C(=O)N2CCCC2CC(O)c2ccccc2)C1. The molecule has 0 bridgehead atoms. The van der Waals surface area contributed by atoms with Crippen LogP contribution in [-0.2, 0) is 4.79 Å². The van der Waals surface area contributed by atoms with E-state index < -0.39 is 6.10 Å². The Morgan fingerprint density at radius 1 is 1.26 bits per heavy atom. The van der Waals surface area contributed by atoms with Gasteiger partial charge in [-0.25, -0.2) is 0 Å². The van der Waals surface area contributed by atoms with Crippen LogP contribution in [0.15, 0.2) is 30.3 Å². The number of carbonyl (C=O) groups excluding carboxylic acids is 1. The van der Waals surface area contributed by atoms with Crippen LogP contribution in [0.2, 0.25) is 0 Å². The predicted octanol–water partition coefficient (Wildman–Crippen LogP) is 2.65. The minimum absolute atomic E-state index is 0. The maximum atomic E-state index is 12.7. The average Bonchev–Trinajstić information content (AvgIpc) is 3.16. The molecular weight excluding hydrogens is 312 g/mol. The lowest BCUT2D eigenvalue weighted by molar-refractivity contribution is -0.136. The summed E-state index contributed by atoms with van der Waals surface area (Å²) in [5, 5.41) is 10.4. The maximum Gasteiger partial charge on any atom is 0.225 e. The molecule has 1 aromatic rings. The number of amides is 1. The van der Waals surface area contributed by atoms with Gasteiger partial charge in [0.05, 0.1) is 6.10 Å². The minimum atomic E-state index is -0.495. The van der Waals surface area contributed by atoms with Crippen LogP contribution in [0.1, 0.15) is 50.2 Å². The van der Waals surface area contributed by atoms with E-state index in [0.717, 1.165) is 44.2 Å². The van der Waals surface area contributed by atoms with E-state index in [4.69, 9.17) is 5.73 Å². The number of benzene rings is 1. The Balaban J connectivity index is 0.00000192. The van der Waals surface area contributed by atoms with Crippen molar-refractivity contribution in [2.24, 2.45) is 11.7 Å². The zero-order valence-electron chi connectivity index (χ0n) is 13.4.